The molecule has 0 bridgehead atoms. The zero-order valence-electron chi connectivity index (χ0n) is 11.7. The summed E-state index contributed by atoms with van der Waals surface area (Å²) in [5.41, 5.74) is 1.56. The van der Waals surface area contributed by atoms with Crippen LogP contribution in [0.1, 0.15) is 32.7 Å². The Bertz CT molecular complexity index is 647. The van der Waals surface area contributed by atoms with Gasteiger partial charge in [-0.1, -0.05) is 30.3 Å². The zero-order chi connectivity index (χ0) is 15.2. The minimum Gasteiger partial charge on any atom is -0.508 e. The summed E-state index contributed by atoms with van der Waals surface area (Å²) >= 11 is 0. The Balaban J connectivity index is 2.09. The summed E-state index contributed by atoms with van der Waals surface area (Å²) < 4.78 is 4.64. The van der Waals surface area contributed by atoms with E-state index in [0.717, 1.165) is 0 Å². The van der Waals surface area contributed by atoms with E-state index in [4.69, 9.17) is 0 Å². The average molecular weight is 284 g/mol. The maximum Gasteiger partial charge on any atom is 0.337 e. The first-order valence-electron chi connectivity index (χ1n) is 6.60. The molecule has 0 saturated heterocycles. The summed E-state index contributed by atoms with van der Waals surface area (Å²) in [6, 6.07) is 13.5. The quantitative estimate of drug-likeness (QED) is 0.677. The van der Waals surface area contributed by atoms with Crippen molar-refractivity contribution in [3.8, 4) is 5.75 Å². The number of aromatic hydroxyl groups is 1. The molecule has 1 N–H and O–H groups in total. The Morgan fingerprint density at radius 2 is 1.76 bits per heavy atom. The smallest absolute Gasteiger partial charge is 0.337 e. The Hall–Kier alpha value is -2.62. The molecule has 0 spiro atoms. The van der Waals surface area contributed by atoms with Crippen molar-refractivity contribution in [2.75, 3.05) is 7.11 Å². The van der Waals surface area contributed by atoms with E-state index in [1.165, 1.54) is 19.2 Å². The van der Waals surface area contributed by atoms with Crippen LogP contribution in [0.5, 0.6) is 5.75 Å². The van der Waals surface area contributed by atoms with Crippen LogP contribution >= 0.6 is 0 Å². The molecule has 0 saturated carbocycles. The van der Waals surface area contributed by atoms with Gasteiger partial charge in [-0.3, -0.25) is 4.79 Å². The molecule has 0 heterocycles. The molecule has 0 radical (unpaired) electrons. The zero-order valence-corrected chi connectivity index (χ0v) is 11.7. The number of esters is 1. The molecule has 21 heavy (non-hydrogen) atoms. The van der Waals surface area contributed by atoms with E-state index in [0.29, 0.717) is 23.1 Å². The number of carbonyl (C=O) groups excluding carboxylic acids is 2. The molecule has 0 amide bonds. The minimum atomic E-state index is -0.467. The van der Waals surface area contributed by atoms with Gasteiger partial charge in [-0.05, 0) is 30.2 Å². The molecule has 0 fully saturated rings. The number of phenolic OH excluding ortho intramolecular Hbond substituents is 1. The number of methoxy groups -OCH3 is 1. The van der Waals surface area contributed by atoms with E-state index >= 15 is 0 Å². The summed E-state index contributed by atoms with van der Waals surface area (Å²) in [7, 11) is 1.30. The average Bonchev–Trinajstić information content (AvgIpc) is 2.53. The summed E-state index contributed by atoms with van der Waals surface area (Å²) in [5, 5.41) is 9.81. The van der Waals surface area contributed by atoms with E-state index in [9.17, 15) is 14.7 Å². The lowest BCUT2D eigenvalue weighted by molar-refractivity contribution is 0.0600. The first-order valence-corrected chi connectivity index (χ1v) is 6.60. The number of aryl methyl sites for hydroxylation is 1. The Labute approximate surface area is 123 Å². The lowest BCUT2D eigenvalue weighted by Gasteiger charge is -2.07. The van der Waals surface area contributed by atoms with Crippen molar-refractivity contribution in [2.45, 2.75) is 12.8 Å². The number of ketones is 1. The molecular formula is C17H16O4. The maximum absolute atomic E-state index is 12.0. The highest BCUT2D eigenvalue weighted by Crippen LogP contribution is 2.21. The van der Waals surface area contributed by atoms with Crippen LogP contribution < -0.4 is 0 Å². The number of hydrogen-bond donors (Lipinski definition) is 1. The molecule has 4 nitrogen and oxygen atoms in total. The van der Waals surface area contributed by atoms with Gasteiger partial charge in [0.15, 0.2) is 5.78 Å². The number of rotatable bonds is 5. The normalized spacial score (nSPS) is 10.1. The van der Waals surface area contributed by atoms with Crippen LogP contribution in [0.2, 0.25) is 0 Å². The van der Waals surface area contributed by atoms with Crippen LogP contribution in [0.25, 0.3) is 0 Å². The van der Waals surface area contributed by atoms with Crippen molar-refractivity contribution < 1.29 is 19.4 Å². The molecule has 2 aromatic rings. The number of benzene rings is 2. The van der Waals surface area contributed by atoms with Gasteiger partial charge in [-0.2, -0.15) is 0 Å². The molecule has 0 atom stereocenters. The highest BCUT2D eigenvalue weighted by Gasteiger charge is 2.11. The Morgan fingerprint density at radius 1 is 1.05 bits per heavy atom. The molecule has 0 aromatic heterocycles. The van der Waals surface area contributed by atoms with Gasteiger partial charge in [0.1, 0.15) is 5.75 Å². The topological polar surface area (TPSA) is 63.6 Å². The largest absolute Gasteiger partial charge is 0.508 e. The SMILES string of the molecule is COC(=O)c1ccc(O)c(CCC(=O)c2ccccc2)c1. The predicted octanol–water partition coefficient (Wildman–Crippen LogP) is 2.99. The second-order valence-corrected chi connectivity index (χ2v) is 4.62. The van der Waals surface area contributed by atoms with Gasteiger partial charge >= 0.3 is 5.97 Å². The van der Waals surface area contributed by atoms with Crippen LogP contribution in [-0.4, -0.2) is 24.0 Å². The predicted molar refractivity (Wildman–Crippen MR) is 78.5 cm³/mol. The number of phenols is 1. The number of ether oxygens (including phenoxy) is 1. The van der Waals surface area contributed by atoms with Gasteiger partial charge in [0, 0.05) is 12.0 Å². The van der Waals surface area contributed by atoms with E-state index in [1.807, 2.05) is 18.2 Å². The Kier molecular flexibility index (Phi) is 4.72. The fourth-order valence-electron chi connectivity index (χ4n) is 2.05. The molecule has 0 aliphatic rings. The van der Waals surface area contributed by atoms with E-state index in [1.54, 1.807) is 18.2 Å². The van der Waals surface area contributed by atoms with Gasteiger partial charge in [-0.15, -0.1) is 0 Å². The van der Waals surface area contributed by atoms with Crippen LogP contribution in [0.3, 0.4) is 0 Å². The molecular weight excluding hydrogens is 268 g/mol. The van der Waals surface area contributed by atoms with Gasteiger partial charge in [0.25, 0.3) is 0 Å². The molecule has 2 aromatic carbocycles. The fraction of sp³-hybridized carbons (Fsp3) is 0.176. The third kappa shape index (κ3) is 3.69. The van der Waals surface area contributed by atoms with Gasteiger partial charge in [0.05, 0.1) is 12.7 Å². The summed E-state index contributed by atoms with van der Waals surface area (Å²) in [6.07, 6.45) is 0.632. The van der Waals surface area contributed by atoms with E-state index in [2.05, 4.69) is 4.74 Å². The van der Waals surface area contributed by atoms with Gasteiger partial charge in [0.2, 0.25) is 0 Å². The molecule has 0 aliphatic heterocycles. The van der Waals surface area contributed by atoms with Gasteiger partial charge < -0.3 is 9.84 Å². The van der Waals surface area contributed by atoms with Crippen molar-refractivity contribution in [3.05, 3.63) is 65.2 Å². The molecule has 0 aliphatic carbocycles. The number of Topliss-reactive ketones (excluding diaryl/α,β-unsaturated/α-hetero) is 1. The standard InChI is InChI=1S/C17H16O4/c1-21-17(20)14-8-10-16(19)13(11-14)7-9-15(18)12-5-3-2-4-6-12/h2-6,8,10-11,19H,7,9H2,1H3. The van der Waals surface area contributed by atoms with E-state index in [-0.39, 0.29) is 18.0 Å². The first kappa shape index (κ1) is 14.8. The van der Waals surface area contributed by atoms with Crippen molar-refractivity contribution in [1.82, 2.24) is 0 Å². The number of carbonyl (C=O) groups is 2. The molecule has 108 valence electrons. The van der Waals surface area contributed by atoms with E-state index < -0.39 is 5.97 Å². The third-order valence-electron chi connectivity index (χ3n) is 3.22. The summed E-state index contributed by atoms with van der Waals surface area (Å²) in [5.74, 6) is -0.396. The van der Waals surface area contributed by atoms with Crippen molar-refractivity contribution >= 4 is 11.8 Å². The highest BCUT2D eigenvalue weighted by atomic mass is 16.5. The minimum absolute atomic E-state index is 0.00142. The fourth-order valence-corrected chi connectivity index (χ4v) is 2.05. The van der Waals surface area contributed by atoms with Crippen LogP contribution in [0.4, 0.5) is 0 Å². The molecule has 2 rings (SSSR count). The molecule has 0 unspecified atom stereocenters. The monoisotopic (exact) mass is 284 g/mol. The third-order valence-corrected chi connectivity index (χ3v) is 3.22. The van der Waals surface area contributed by atoms with Crippen LogP contribution in [0.15, 0.2) is 48.5 Å². The maximum atomic E-state index is 12.0. The van der Waals surface area contributed by atoms with Crippen LogP contribution in [0, 0.1) is 0 Å². The highest BCUT2D eigenvalue weighted by molar-refractivity contribution is 5.96. The lowest BCUT2D eigenvalue weighted by atomic mass is 10.0. The van der Waals surface area contributed by atoms with Crippen LogP contribution in [-0.2, 0) is 11.2 Å². The van der Waals surface area contributed by atoms with Crippen molar-refractivity contribution in [3.63, 3.8) is 0 Å². The summed E-state index contributed by atoms with van der Waals surface area (Å²) in [6.45, 7) is 0. The van der Waals surface area contributed by atoms with Crippen molar-refractivity contribution in [1.29, 1.82) is 0 Å². The first-order chi connectivity index (χ1) is 10.1. The Morgan fingerprint density at radius 3 is 2.43 bits per heavy atom. The molecule has 4 heteroatoms. The van der Waals surface area contributed by atoms with Gasteiger partial charge in [-0.25, -0.2) is 4.79 Å². The summed E-state index contributed by atoms with van der Waals surface area (Å²) in [4.78, 5) is 23.5. The second kappa shape index (κ2) is 6.70. The second-order valence-electron chi connectivity index (χ2n) is 4.62. The number of hydrogen-bond acceptors (Lipinski definition) is 4. The lowest BCUT2D eigenvalue weighted by Crippen LogP contribution is -2.04. The van der Waals surface area contributed by atoms with Crippen molar-refractivity contribution in [2.24, 2.45) is 0 Å².